The Morgan fingerprint density at radius 3 is 2.93 bits per heavy atom. The highest BCUT2D eigenvalue weighted by Crippen LogP contribution is 2.13. The number of amides is 1. The van der Waals surface area contributed by atoms with E-state index in [1.54, 1.807) is 7.05 Å². The van der Waals surface area contributed by atoms with Crippen LogP contribution >= 0.6 is 0 Å². The summed E-state index contributed by atoms with van der Waals surface area (Å²) in [5, 5.41) is 2.88. The minimum absolute atomic E-state index is 0.158. The molecule has 0 bridgehead atoms. The lowest BCUT2D eigenvalue weighted by atomic mass is 10.2. The molecule has 0 saturated carbocycles. The van der Waals surface area contributed by atoms with E-state index in [1.807, 2.05) is 11.8 Å². The number of carbonyl (C=O) groups excluding carboxylic acids is 1. The first kappa shape index (κ1) is 11.5. The molecule has 1 N–H and O–H groups in total. The van der Waals surface area contributed by atoms with Crippen LogP contribution in [0.5, 0.6) is 0 Å². The van der Waals surface area contributed by atoms with Gasteiger partial charge in [-0.25, -0.2) is 0 Å². The maximum Gasteiger partial charge on any atom is 0.236 e. The molecule has 4 nitrogen and oxygen atoms in total. The largest absolute Gasteiger partial charge is 0.376 e. The van der Waals surface area contributed by atoms with Gasteiger partial charge in [-0.15, -0.1) is 0 Å². The fraction of sp³-hybridized carbons (Fsp3) is 0.900. The Kier molecular flexibility index (Phi) is 4.90. The second kappa shape index (κ2) is 5.98. The zero-order valence-electron chi connectivity index (χ0n) is 9.08. The highest BCUT2D eigenvalue weighted by Gasteiger charge is 2.20. The van der Waals surface area contributed by atoms with Gasteiger partial charge >= 0.3 is 0 Å². The van der Waals surface area contributed by atoms with E-state index in [0.717, 1.165) is 32.5 Å². The lowest BCUT2D eigenvalue weighted by Crippen LogP contribution is -2.41. The fourth-order valence-electron chi connectivity index (χ4n) is 1.70. The van der Waals surface area contributed by atoms with Crippen LogP contribution in [0.4, 0.5) is 0 Å². The predicted molar refractivity (Wildman–Crippen MR) is 55.2 cm³/mol. The lowest BCUT2D eigenvalue weighted by molar-refractivity contribution is -0.131. The van der Waals surface area contributed by atoms with Gasteiger partial charge in [0.05, 0.1) is 12.6 Å². The van der Waals surface area contributed by atoms with Crippen molar-refractivity contribution in [1.82, 2.24) is 10.2 Å². The SMILES string of the molecule is CCN(CC1CCCO1)C(=O)CNC. The molecule has 4 heteroatoms. The number of hydrogen-bond donors (Lipinski definition) is 1. The molecule has 1 rings (SSSR count). The number of hydrogen-bond acceptors (Lipinski definition) is 3. The highest BCUT2D eigenvalue weighted by atomic mass is 16.5. The standard InChI is InChI=1S/C10H20N2O2/c1-3-12(10(13)7-11-2)8-9-5-4-6-14-9/h9,11H,3-8H2,1-2H3. The summed E-state index contributed by atoms with van der Waals surface area (Å²) in [7, 11) is 1.79. The van der Waals surface area contributed by atoms with E-state index in [1.165, 1.54) is 0 Å². The molecule has 0 aromatic carbocycles. The first-order valence-corrected chi connectivity index (χ1v) is 5.32. The summed E-state index contributed by atoms with van der Waals surface area (Å²) in [5.41, 5.74) is 0. The Morgan fingerprint density at radius 2 is 2.43 bits per heavy atom. The van der Waals surface area contributed by atoms with Crippen LogP contribution in [0.3, 0.4) is 0 Å². The molecular weight excluding hydrogens is 180 g/mol. The molecule has 1 saturated heterocycles. The normalized spacial score (nSPS) is 21.1. The Hall–Kier alpha value is -0.610. The van der Waals surface area contributed by atoms with Crippen molar-refractivity contribution in [2.45, 2.75) is 25.9 Å². The van der Waals surface area contributed by atoms with Gasteiger partial charge in [0.25, 0.3) is 0 Å². The van der Waals surface area contributed by atoms with Crippen LogP contribution in [0.25, 0.3) is 0 Å². The molecule has 1 aliphatic rings. The van der Waals surface area contributed by atoms with E-state index in [9.17, 15) is 4.79 Å². The van der Waals surface area contributed by atoms with Crippen LogP contribution in [0.1, 0.15) is 19.8 Å². The number of likely N-dealkylation sites (N-methyl/N-ethyl adjacent to an activating group) is 2. The van der Waals surface area contributed by atoms with Gasteiger partial charge in [-0.2, -0.15) is 0 Å². The van der Waals surface area contributed by atoms with Crippen LogP contribution in [-0.2, 0) is 9.53 Å². The van der Waals surface area contributed by atoms with E-state index >= 15 is 0 Å². The van der Waals surface area contributed by atoms with Crippen LogP contribution < -0.4 is 5.32 Å². The van der Waals surface area contributed by atoms with Crippen molar-refractivity contribution in [3.05, 3.63) is 0 Å². The van der Waals surface area contributed by atoms with Crippen molar-refractivity contribution in [2.75, 3.05) is 33.3 Å². The second-order valence-corrected chi connectivity index (χ2v) is 3.60. The predicted octanol–water partition coefficient (Wildman–Crippen LogP) is 0.233. The molecular formula is C10H20N2O2. The average molecular weight is 200 g/mol. The summed E-state index contributed by atoms with van der Waals surface area (Å²) in [4.78, 5) is 13.4. The van der Waals surface area contributed by atoms with Crippen molar-refractivity contribution >= 4 is 5.91 Å². The van der Waals surface area contributed by atoms with Gasteiger partial charge in [-0.1, -0.05) is 0 Å². The fourth-order valence-corrected chi connectivity index (χ4v) is 1.70. The molecule has 0 aromatic rings. The number of nitrogens with zero attached hydrogens (tertiary/aromatic N) is 1. The molecule has 1 amide bonds. The second-order valence-electron chi connectivity index (χ2n) is 3.60. The molecule has 1 fully saturated rings. The first-order chi connectivity index (χ1) is 6.77. The van der Waals surface area contributed by atoms with Crippen LogP contribution in [0, 0.1) is 0 Å². The molecule has 82 valence electrons. The molecule has 0 aliphatic carbocycles. The third kappa shape index (κ3) is 3.27. The van der Waals surface area contributed by atoms with Gasteiger partial charge in [-0.3, -0.25) is 4.79 Å². The van der Waals surface area contributed by atoms with Crippen molar-refractivity contribution < 1.29 is 9.53 Å². The zero-order chi connectivity index (χ0) is 10.4. The molecule has 1 atom stereocenters. The quantitative estimate of drug-likeness (QED) is 0.691. The van der Waals surface area contributed by atoms with Crippen molar-refractivity contribution in [3.8, 4) is 0 Å². The molecule has 1 aliphatic heterocycles. The summed E-state index contributed by atoms with van der Waals surface area (Å²) in [6.07, 6.45) is 2.47. The van der Waals surface area contributed by atoms with Gasteiger partial charge in [0.15, 0.2) is 0 Å². The molecule has 0 aromatic heterocycles. The lowest BCUT2D eigenvalue weighted by Gasteiger charge is -2.23. The van der Waals surface area contributed by atoms with Gasteiger partial charge < -0.3 is 15.0 Å². The molecule has 0 spiro atoms. The smallest absolute Gasteiger partial charge is 0.236 e. The molecule has 14 heavy (non-hydrogen) atoms. The maximum absolute atomic E-state index is 11.6. The van der Waals surface area contributed by atoms with E-state index in [2.05, 4.69) is 5.32 Å². The molecule has 1 heterocycles. The van der Waals surface area contributed by atoms with E-state index in [-0.39, 0.29) is 12.0 Å². The maximum atomic E-state index is 11.6. The van der Waals surface area contributed by atoms with Crippen LogP contribution in [-0.4, -0.2) is 50.2 Å². The summed E-state index contributed by atoms with van der Waals surface area (Å²) < 4.78 is 5.50. The highest BCUT2D eigenvalue weighted by molar-refractivity contribution is 5.78. The Balaban J connectivity index is 2.33. The van der Waals surface area contributed by atoms with E-state index in [4.69, 9.17) is 4.74 Å². The third-order valence-corrected chi connectivity index (χ3v) is 2.51. The summed E-state index contributed by atoms with van der Waals surface area (Å²) >= 11 is 0. The first-order valence-electron chi connectivity index (χ1n) is 5.32. The number of ether oxygens (including phenoxy) is 1. The van der Waals surface area contributed by atoms with Gasteiger partial charge in [-0.05, 0) is 26.8 Å². The molecule has 0 radical (unpaired) electrons. The topological polar surface area (TPSA) is 41.6 Å². The summed E-state index contributed by atoms with van der Waals surface area (Å²) in [6.45, 7) is 4.78. The van der Waals surface area contributed by atoms with E-state index in [0.29, 0.717) is 6.54 Å². The monoisotopic (exact) mass is 200 g/mol. The van der Waals surface area contributed by atoms with Gasteiger partial charge in [0.2, 0.25) is 5.91 Å². The number of rotatable bonds is 5. The van der Waals surface area contributed by atoms with E-state index < -0.39 is 0 Å². The molecule has 1 unspecified atom stereocenters. The summed E-state index contributed by atoms with van der Waals surface area (Å²) in [5.74, 6) is 0.158. The third-order valence-electron chi connectivity index (χ3n) is 2.51. The number of nitrogens with one attached hydrogen (secondary N) is 1. The Morgan fingerprint density at radius 1 is 1.64 bits per heavy atom. The summed E-state index contributed by atoms with van der Waals surface area (Å²) in [6, 6.07) is 0. The van der Waals surface area contributed by atoms with Crippen molar-refractivity contribution in [1.29, 1.82) is 0 Å². The van der Waals surface area contributed by atoms with Gasteiger partial charge in [0, 0.05) is 19.7 Å². The average Bonchev–Trinajstić information content (AvgIpc) is 2.66. The van der Waals surface area contributed by atoms with Crippen molar-refractivity contribution in [2.24, 2.45) is 0 Å². The number of carbonyl (C=O) groups is 1. The van der Waals surface area contributed by atoms with Crippen LogP contribution in [0.15, 0.2) is 0 Å². The Bertz CT molecular complexity index is 179. The van der Waals surface area contributed by atoms with Crippen molar-refractivity contribution in [3.63, 3.8) is 0 Å². The zero-order valence-corrected chi connectivity index (χ0v) is 9.08. The van der Waals surface area contributed by atoms with Gasteiger partial charge in [0.1, 0.15) is 0 Å². The minimum atomic E-state index is 0.158. The Labute approximate surface area is 85.6 Å². The minimum Gasteiger partial charge on any atom is -0.376 e. The van der Waals surface area contributed by atoms with Crippen LogP contribution in [0.2, 0.25) is 0 Å².